The maximum absolute atomic E-state index is 12.6. The van der Waals surface area contributed by atoms with Crippen LogP contribution < -0.4 is 4.72 Å². The van der Waals surface area contributed by atoms with Gasteiger partial charge in [-0.1, -0.05) is 67.8 Å². The van der Waals surface area contributed by atoms with Gasteiger partial charge in [-0.2, -0.15) is 4.98 Å². The Morgan fingerprint density at radius 3 is 2.44 bits per heavy atom. The second-order valence-corrected chi connectivity index (χ2v) is 12.3. The van der Waals surface area contributed by atoms with E-state index in [4.69, 9.17) is 9.26 Å². The molecule has 1 atom stereocenters. The molecular weight excluding hydrogens is 482 g/mol. The van der Waals surface area contributed by atoms with E-state index in [-0.39, 0.29) is 17.2 Å². The van der Waals surface area contributed by atoms with E-state index in [9.17, 15) is 18.0 Å². The van der Waals surface area contributed by atoms with E-state index in [0.29, 0.717) is 12.3 Å². The minimum Gasteiger partial charge on any atom is -0.460 e. The number of aryl methyl sites for hydroxylation is 1. The quantitative estimate of drug-likeness (QED) is 0.431. The Kier molecular flexibility index (Phi) is 9.27. The summed E-state index contributed by atoms with van der Waals surface area (Å²) in [5, 5.41) is 3.69. The third-order valence-electron chi connectivity index (χ3n) is 6.28. The van der Waals surface area contributed by atoms with Gasteiger partial charge in [-0.15, -0.1) is 0 Å². The van der Waals surface area contributed by atoms with Gasteiger partial charge < -0.3 is 9.26 Å². The second kappa shape index (κ2) is 12.0. The fourth-order valence-corrected chi connectivity index (χ4v) is 5.41. The van der Waals surface area contributed by atoms with Gasteiger partial charge >= 0.3 is 11.9 Å². The maximum atomic E-state index is 12.6. The molecular formula is C26H37N3O6S. The molecule has 1 aliphatic rings. The predicted molar refractivity (Wildman–Crippen MR) is 134 cm³/mol. The van der Waals surface area contributed by atoms with Crippen LogP contribution in [0, 0.1) is 12.8 Å². The van der Waals surface area contributed by atoms with Crippen molar-refractivity contribution in [3.63, 3.8) is 0 Å². The number of amides is 1. The average Bonchev–Trinajstić information content (AvgIpc) is 3.28. The topological polar surface area (TPSA) is 128 Å². The molecule has 0 aliphatic heterocycles. The molecule has 3 rings (SSSR count). The third kappa shape index (κ3) is 8.43. The van der Waals surface area contributed by atoms with E-state index < -0.39 is 39.2 Å². The standard InChI is InChI=1S/C26H37N3O6S/c1-18-13-15-21(16-14-18)36(32,33)29-24(31)23-27-25(35-28-23)20(17-22(30)34-26(2,3)4)12-8-11-19-9-6-5-7-10-19/h13-16,19-20H,5-12,17H2,1-4H3,(H,29,31)/t20-/m1/s1. The lowest BCUT2D eigenvalue weighted by Gasteiger charge is -2.23. The summed E-state index contributed by atoms with van der Waals surface area (Å²) in [5.74, 6) is -1.40. The molecule has 1 fully saturated rings. The van der Waals surface area contributed by atoms with Crippen molar-refractivity contribution < 1.29 is 27.3 Å². The van der Waals surface area contributed by atoms with E-state index in [1.54, 1.807) is 32.9 Å². The molecule has 2 aromatic rings. The van der Waals surface area contributed by atoms with Crippen molar-refractivity contribution in [2.45, 2.75) is 102 Å². The van der Waals surface area contributed by atoms with Gasteiger partial charge in [0.1, 0.15) is 5.60 Å². The molecule has 1 aromatic heterocycles. The summed E-state index contributed by atoms with van der Waals surface area (Å²) in [7, 11) is -4.10. The van der Waals surface area contributed by atoms with Crippen LogP contribution >= 0.6 is 0 Å². The minimum atomic E-state index is -4.10. The van der Waals surface area contributed by atoms with Gasteiger partial charge in [-0.3, -0.25) is 9.59 Å². The summed E-state index contributed by atoms with van der Waals surface area (Å²) in [6, 6.07) is 6.10. The van der Waals surface area contributed by atoms with Gasteiger partial charge in [0.05, 0.1) is 11.3 Å². The van der Waals surface area contributed by atoms with Crippen LogP contribution in [-0.2, 0) is 19.6 Å². The van der Waals surface area contributed by atoms with Gasteiger partial charge in [0, 0.05) is 5.92 Å². The summed E-state index contributed by atoms with van der Waals surface area (Å²) in [5.41, 5.74) is 0.260. The normalized spacial score (nSPS) is 15.9. The molecule has 36 heavy (non-hydrogen) atoms. The number of ether oxygens (including phenoxy) is 1. The van der Waals surface area contributed by atoms with Crippen LogP contribution in [0.5, 0.6) is 0 Å². The van der Waals surface area contributed by atoms with Gasteiger partial charge in [-0.05, 0) is 52.2 Å². The number of aromatic nitrogens is 2. The summed E-state index contributed by atoms with van der Waals surface area (Å²) in [6.45, 7) is 7.23. The van der Waals surface area contributed by atoms with Crippen LogP contribution in [0.4, 0.5) is 0 Å². The first kappa shape index (κ1) is 27.8. The number of nitrogens with one attached hydrogen (secondary N) is 1. The summed E-state index contributed by atoms with van der Waals surface area (Å²) >= 11 is 0. The highest BCUT2D eigenvalue weighted by molar-refractivity contribution is 7.90. The van der Waals surface area contributed by atoms with E-state index in [2.05, 4.69) is 10.1 Å². The summed E-state index contributed by atoms with van der Waals surface area (Å²) in [6.07, 6.45) is 8.88. The van der Waals surface area contributed by atoms with Crippen LogP contribution in [0.1, 0.15) is 107 Å². The molecule has 9 nitrogen and oxygen atoms in total. The Hall–Kier alpha value is -2.75. The molecule has 1 heterocycles. The average molecular weight is 520 g/mol. The zero-order valence-electron chi connectivity index (χ0n) is 21.6. The minimum absolute atomic E-state index is 0.0346. The molecule has 1 aliphatic carbocycles. The Morgan fingerprint density at radius 1 is 1.14 bits per heavy atom. The lowest BCUT2D eigenvalue weighted by Crippen LogP contribution is -2.31. The molecule has 10 heteroatoms. The zero-order chi connectivity index (χ0) is 26.3. The molecule has 1 N–H and O–H groups in total. The first-order valence-corrected chi connectivity index (χ1v) is 14.1. The van der Waals surface area contributed by atoms with Crippen LogP contribution in [0.2, 0.25) is 0 Å². The molecule has 198 valence electrons. The number of sulfonamides is 1. The van der Waals surface area contributed by atoms with E-state index in [1.165, 1.54) is 44.2 Å². The largest absolute Gasteiger partial charge is 0.460 e. The number of benzene rings is 1. The van der Waals surface area contributed by atoms with Crippen molar-refractivity contribution in [2.24, 2.45) is 5.92 Å². The molecule has 0 bridgehead atoms. The smallest absolute Gasteiger partial charge is 0.307 e. The maximum Gasteiger partial charge on any atom is 0.307 e. The molecule has 1 aromatic carbocycles. The Balaban J connectivity index is 1.69. The Labute approximate surface area is 213 Å². The second-order valence-electron chi connectivity index (χ2n) is 10.6. The van der Waals surface area contributed by atoms with Crippen molar-refractivity contribution in [3.05, 3.63) is 41.5 Å². The number of carbonyl (C=O) groups is 2. The SMILES string of the molecule is Cc1ccc(S(=O)(=O)NC(=O)c2noc([C@H](CCCC3CCCCC3)CC(=O)OC(C)(C)C)n2)cc1. The summed E-state index contributed by atoms with van der Waals surface area (Å²) < 4.78 is 37.9. The highest BCUT2D eigenvalue weighted by Crippen LogP contribution is 2.31. The highest BCUT2D eigenvalue weighted by Gasteiger charge is 2.29. The van der Waals surface area contributed by atoms with E-state index in [1.807, 2.05) is 11.6 Å². The number of rotatable bonds is 10. The Bertz CT molecular complexity index is 1130. The molecule has 1 amide bonds. The van der Waals surface area contributed by atoms with Crippen LogP contribution in [0.3, 0.4) is 0 Å². The molecule has 0 spiro atoms. The van der Waals surface area contributed by atoms with Crippen molar-refractivity contribution >= 4 is 21.9 Å². The number of hydrogen-bond donors (Lipinski definition) is 1. The number of hydrogen-bond acceptors (Lipinski definition) is 8. The number of esters is 1. The zero-order valence-corrected chi connectivity index (χ0v) is 22.4. The first-order valence-electron chi connectivity index (χ1n) is 12.6. The lowest BCUT2D eigenvalue weighted by molar-refractivity contribution is -0.155. The van der Waals surface area contributed by atoms with Gasteiger partial charge in [0.15, 0.2) is 0 Å². The first-order chi connectivity index (χ1) is 16.9. The number of carbonyl (C=O) groups excluding carboxylic acids is 2. The van der Waals surface area contributed by atoms with Crippen molar-refractivity contribution in [1.29, 1.82) is 0 Å². The third-order valence-corrected chi connectivity index (χ3v) is 7.62. The van der Waals surface area contributed by atoms with Crippen molar-refractivity contribution in [1.82, 2.24) is 14.9 Å². The van der Waals surface area contributed by atoms with Gasteiger partial charge in [0.2, 0.25) is 5.89 Å². The van der Waals surface area contributed by atoms with Crippen LogP contribution in [0.25, 0.3) is 0 Å². The van der Waals surface area contributed by atoms with Crippen LogP contribution in [0.15, 0.2) is 33.7 Å². The molecule has 0 radical (unpaired) electrons. The number of nitrogens with zero attached hydrogens (tertiary/aromatic N) is 2. The molecule has 0 saturated heterocycles. The van der Waals surface area contributed by atoms with Gasteiger partial charge in [0.25, 0.3) is 15.8 Å². The van der Waals surface area contributed by atoms with Crippen molar-refractivity contribution in [3.8, 4) is 0 Å². The highest BCUT2D eigenvalue weighted by atomic mass is 32.2. The fourth-order valence-electron chi connectivity index (χ4n) is 4.46. The fraction of sp³-hybridized carbons (Fsp3) is 0.615. The predicted octanol–water partition coefficient (Wildman–Crippen LogP) is 5.06. The van der Waals surface area contributed by atoms with E-state index in [0.717, 1.165) is 18.4 Å². The van der Waals surface area contributed by atoms with Crippen LogP contribution in [-0.4, -0.2) is 36.0 Å². The Morgan fingerprint density at radius 2 is 1.81 bits per heavy atom. The van der Waals surface area contributed by atoms with Gasteiger partial charge in [-0.25, -0.2) is 13.1 Å². The van der Waals surface area contributed by atoms with Crippen molar-refractivity contribution in [2.75, 3.05) is 0 Å². The van der Waals surface area contributed by atoms with E-state index >= 15 is 0 Å². The monoisotopic (exact) mass is 519 g/mol. The summed E-state index contributed by atoms with van der Waals surface area (Å²) in [4.78, 5) is 29.3. The lowest BCUT2D eigenvalue weighted by atomic mass is 9.84. The molecule has 0 unspecified atom stereocenters. The molecule has 1 saturated carbocycles.